The smallest absolute Gasteiger partial charge is 0.271 e. The number of fused-ring (bicyclic) bond motifs is 3. The highest BCUT2D eigenvalue weighted by Gasteiger charge is 2.47. The number of aromatic nitrogens is 2. The number of hydrogen-bond acceptors (Lipinski definition) is 3. The number of rotatable bonds is 6. The maximum atomic E-state index is 13.6. The van der Waals surface area contributed by atoms with Crippen LogP contribution in [0.3, 0.4) is 0 Å². The van der Waals surface area contributed by atoms with Gasteiger partial charge in [0.2, 0.25) is 5.91 Å². The van der Waals surface area contributed by atoms with Crippen LogP contribution in [-0.2, 0) is 17.9 Å². The first-order valence-electron chi connectivity index (χ1n) is 10.5. The molecule has 6 heteroatoms. The lowest BCUT2D eigenvalue weighted by molar-refractivity contribution is -0.133. The van der Waals surface area contributed by atoms with Gasteiger partial charge in [0.25, 0.3) is 5.91 Å². The van der Waals surface area contributed by atoms with Crippen LogP contribution in [0.1, 0.15) is 43.2 Å². The molecule has 30 heavy (non-hydrogen) atoms. The van der Waals surface area contributed by atoms with Crippen LogP contribution < -0.4 is 5.32 Å². The summed E-state index contributed by atoms with van der Waals surface area (Å²) in [6.45, 7) is 7.47. The number of pyridine rings is 1. The second-order valence-electron chi connectivity index (χ2n) is 8.64. The van der Waals surface area contributed by atoms with Crippen molar-refractivity contribution in [1.29, 1.82) is 0 Å². The zero-order chi connectivity index (χ0) is 21.3. The molecule has 1 aliphatic rings. The molecule has 1 unspecified atom stereocenters. The van der Waals surface area contributed by atoms with Crippen LogP contribution >= 0.6 is 0 Å². The van der Waals surface area contributed by atoms with Gasteiger partial charge >= 0.3 is 0 Å². The van der Waals surface area contributed by atoms with Crippen LogP contribution in [0.5, 0.6) is 0 Å². The number of nitrogens with zero attached hydrogens (tertiary/aromatic N) is 3. The van der Waals surface area contributed by atoms with Gasteiger partial charge in [-0.1, -0.05) is 38.1 Å². The molecule has 4 rings (SSSR count). The zero-order valence-corrected chi connectivity index (χ0v) is 17.8. The number of hydrogen-bond donors (Lipinski definition) is 1. The van der Waals surface area contributed by atoms with Crippen LogP contribution in [0.4, 0.5) is 0 Å². The molecule has 0 aliphatic carbocycles. The monoisotopic (exact) mass is 404 g/mol. The van der Waals surface area contributed by atoms with Gasteiger partial charge in [-0.3, -0.25) is 14.6 Å². The molecule has 0 spiro atoms. The number of carbonyl (C=O) groups excluding carboxylic acids is 2. The fourth-order valence-corrected chi connectivity index (χ4v) is 4.09. The van der Waals surface area contributed by atoms with Crippen LogP contribution in [0, 0.1) is 5.92 Å². The lowest BCUT2D eigenvalue weighted by atomic mass is 9.93. The van der Waals surface area contributed by atoms with E-state index in [4.69, 9.17) is 0 Å². The number of nitrogens with one attached hydrogen (secondary N) is 1. The second-order valence-corrected chi connectivity index (χ2v) is 8.64. The van der Waals surface area contributed by atoms with E-state index in [9.17, 15) is 9.59 Å². The first-order chi connectivity index (χ1) is 14.4. The molecule has 0 saturated heterocycles. The number of para-hydroxylation sites is 1. The maximum absolute atomic E-state index is 13.6. The molecule has 3 aromatic rings. The average molecular weight is 405 g/mol. The van der Waals surface area contributed by atoms with E-state index in [-0.39, 0.29) is 11.8 Å². The van der Waals surface area contributed by atoms with Crippen molar-refractivity contribution in [2.45, 2.75) is 45.8 Å². The lowest BCUT2D eigenvalue weighted by Crippen LogP contribution is -2.63. The topological polar surface area (TPSA) is 67.2 Å². The Kier molecular flexibility index (Phi) is 5.33. The molecule has 2 aromatic heterocycles. The highest BCUT2D eigenvalue weighted by molar-refractivity contribution is 6.03. The zero-order valence-electron chi connectivity index (χ0n) is 17.8. The molecule has 156 valence electrons. The largest absolute Gasteiger partial charge is 0.354 e. The van der Waals surface area contributed by atoms with Gasteiger partial charge in [-0.2, -0.15) is 0 Å². The summed E-state index contributed by atoms with van der Waals surface area (Å²) < 4.78 is 1.99. The van der Waals surface area contributed by atoms with Gasteiger partial charge in [0, 0.05) is 36.4 Å². The van der Waals surface area contributed by atoms with Crippen molar-refractivity contribution >= 4 is 22.7 Å². The van der Waals surface area contributed by atoms with Gasteiger partial charge in [-0.15, -0.1) is 0 Å². The van der Waals surface area contributed by atoms with Crippen molar-refractivity contribution in [3.05, 3.63) is 66.1 Å². The molecule has 0 fully saturated rings. The summed E-state index contributed by atoms with van der Waals surface area (Å²) in [7, 11) is 0. The molecule has 2 amide bonds. The molecule has 1 aromatic carbocycles. The molecule has 1 N–H and O–H groups in total. The van der Waals surface area contributed by atoms with Crippen LogP contribution in [0.25, 0.3) is 10.9 Å². The van der Waals surface area contributed by atoms with Crippen molar-refractivity contribution < 1.29 is 9.59 Å². The minimum atomic E-state index is -1.00. The Morgan fingerprint density at radius 1 is 1.23 bits per heavy atom. The molecule has 1 atom stereocenters. The van der Waals surface area contributed by atoms with Gasteiger partial charge in [0.15, 0.2) is 0 Å². The lowest BCUT2D eigenvalue weighted by Gasteiger charge is -2.44. The fourth-order valence-electron chi connectivity index (χ4n) is 4.09. The van der Waals surface area contributed by atoms with E-state index in [1.807, 2.05) is 54.0 Å². The fraction of sp³-hybridized carbons (Fsp3) is 0.375. The number of amides is 2. The first-order valence-corrected chi connectivity index (χ1v) is 10.5. The third-order valence-corrected chi connectivity index (χ3v) is 5.90. The van der Waals surface area contributed by atoms with E-state index < -0.39 is 5.54 Å². The Morgan fingerprint density at radius 2 is 2.03 bits per heavy atom. The summed E-state index contributed by atoms with van der Waals surface area (Å²) in [6.07, 6.45) is 4.35. The second kappa shape index (κ2) is 7.94. The Hall–Kier alpha value is -3.15. The van der Waals surface area contributed by atoms with Gasteiger partial charge in [0.1, 0.15) is 11.2 Å². The number of benzene rings is 1. The molecular formula is C24H28N4O2. The molecule has 0 saturated carbocycles. The average Bonchev–Trinajstić information content (AvgIpc) is 3.10. The van der Waals surface area contributed by atoms with Crippen LogP contribution in [0.15, 0.2) is 54.9 Å². The SMILES string of the molecule is CC(C)CCNC(=O)C1(C)Cn2c(cc3ccccc32)C(=O)N1Cc1cccnc1. The summed E-state index contributed by atoms with van der Waals surface area (Å²) in [4.78, 5) is 32.8. The van der Waals surface area contributed by atoms with Crippen LogP contribution in [0.2, 0.25) is 0 Å². The molecule has 3 heterocycles. The van der Waals surface area contributed by atoms with E-state index >= 15 is 0 Å². The van der Waals surface area contributed by atoms with Crippen molar-refractivity contribution in [3.8, 4) is 0 Å². The normalized spacial score (nSPS) is 18.7. The van der Waals surface area contributed by atoms with Crippen molar-refractivity contribution in [2.24, 2.45) is 5.92 Å². The Morgan fingerprint density at radius 3 is 2.77 bits per heavy atom. The molecule has 1 aliphatic heterocycles. The van der Waals surface area contributed by atoms with Crippen molar-refractivity contribution in [3.63, 3.8) is 0 Å². The summed E-state index contributed by atoms with van der Waals surface area (Å²) in [6, 6.07) is 13.6. The highest BCUT2D eigenvalue weighted by atomic mass is 16.2. The third-order valence-electron chi connectivity index (χ3n) is 5.90. The third kappa shape index (κ3) is 3.58. The summed E-state index contributed by atoms with van der Waals surface area (Å²) in [5.74, 6) is 0.240. The molecular weight excluding hydrogens is 376 g/mol. The minimum Gasteiger partial charge on any atom is -0.354 e. The minimum absolute atomic E-state index is 0.121. The standard InChI is InChI=1S/C24H28N4O2/c1-17(2)10-12-26-23(30)24(3)16-27-20-9-5-4-8-19(20)13-21(27)22(29)28(24)15-18-7-6-11-25-14-18/h4-9,11,13-14,17H,10,12,15-16H2,1-3H3,(H,26,30). The van der Waals surface area contributed by atoms with Gasteiger partial charge < -0.3 is 14.8 Å². The van der Waals surface area contributed by atoms with Gasteiger partial charge in [-0.05, 0) is 43.0 Å². The Labute approximate surface area is 176 Å². The molecule has 0 radical (unpaired) electrons. The van der Waals surface area contributed by atoms with E-state index in [0.717, 1.165) is 22.9 Å². The van der Waals surface area contributed by atoms with Crippen molar-refractivity contribution in [2.75, 3.05) is 6.54 Å². The van der Waals surface area contributed by atoms with E-state index in [0.29, 0.717) is 31.2 Å². The summed E-state index contributed by atoms with van der Waals surface area (Å²) in [5, 5.41) is 4.08. The molecule has 6 nitrogen and oxygen atoms in total. The predicted molar refractivity (Wildman–Crippen MR) is 117 cm³/mol. The first kappa shape index (κ1) is 20.1. The van der Waals surface area contributed by atoms with Gasteiger partial charge in [0.05, 0.1) is 6.54 Å². The quantitative estimate of drug-likeness (QED) is 0.682. The van der Waals surface area contributed by atoms with E-state index in [1.54, 1.807) is 17.3 Å². The van der Waals surface area contributed by atoms with Gasteiger partial charge in [-0.25, -0.2) is 0 Å². The number of carbonyl (C=O) groups is 2. The maximum Gasteiger partial charge on any atom is 0.271 e. The van der Waals surface area contributed by atoms with E-state index in [2.05, 4.69) is 24.1 Å². The predicted octanol–water partition coefficient (Wildman–Crippen LogP) is 3.61. The van der Waals surface area contributed by atoms with Crippen LogP contribution in [-0.4, -0.2) is 38.3 Å². The highest BCUT2D eigenvalue weighted by Crippen LogP contribution is 2.33. The summed E-state index contributed by atoms with van der Waals surface area (Å²) in [5.41, 5.74) is 1.49. The summed E-state index contributed by atoms with van der Waals surface area (Å²) >= 11 is 0. The Bertz CT molecular complexity index is 1070. The van der Waals surface area contributed by atoms with E-state index in [1.165, 1.54) is 0 Å². The molecule has 0 bridgehead atoms. The Balaban J connectivity index is 1.74. The van der Waals surface area contributed by atoms with Crippen molar-refractivity contribution in [1.82, 2.24) is 19.8 Å².